The van der Waals surface area contributed by atoms with Crippen LogP contribution in [0.4, 0.5) is 11.4 Å². The number of carbonyl (C=O) groups excluding carboxylic acids is 1. The van der Waals surface area contributed by atoms with Crippen molar-refractivity contribution < 1.29 is 9.53 Å². The maximum Gasteiger partial charge on any atom is 0.226 e. The Bertz CT molecular complexity index is 403. The number of hydrogen-bond donors (Lipinski definition) is 2. The number of ether oxygens (including phenoxy) is 1. The second-order valence-corrected chi connectivity index (χ2v) is 3.97. The van der Waals surface area contributed by atoms with Crippen molar-refractivity contribution in [1.82, 2.24) is 0 Å². The fourth-order valence-electron chi connectivity index (χ4n) is 1.51. The van der Waals surface area contributed by atoms with Crippen LogP contribution in [0.3, 0.4) is 0 Å². The summed E-state index contributed by atoms with van der Waals surface area (Å²) < 4.78 is 5.13. The highest BCUT2D eigenvalue weighted by atomic mass is 16.5. The van der Waals surface area contributed by atoms with Gasteiger partial charge in [0.05, 0.1) is 24.4 Å². The van der Waals surface area contributed by atoms with Crippen molar-refractivity contribution >= 4 is 17.3 Å². The van der Waals surface area contributed by atoms with Crippen LogP contribution in [-0.4, -0.2) is 19.1 Å². The Morgan fingerprint density at radius 2 is 2.12 bits per heavy atom. The van der Waals surface area contributed by atoms with Crippen molar-refractivity contribution in [2.75, 3.05) is 24.3 Å². The largest absolute Gasteiger partial charge is 0.397 e. The number of aryl methyl sites for hydroxylation is 1. The molecule has 94 valence electrons. The molecule has 1 aromatic carbocycles. The van der Waals surface area contributed by atoms with Crippen molar-refractivity contribution in [1.29, 1.82) is 0 Å². The van der Waals surface area contributed by atoms with E-state index in [9.17, 15) is 4.79 Å². The van der Waals surface area contributed by atoms with Gasteiger partial charge in [-0.1, -0.05) is 6.07 Å². The van der Waals surface area contributed by atoms with Gasteiger partial charge in [0.1, 0.15) is 0 Å². The smallest absolute Gasteiger partial charge is 0.226 e. The lowest BCUT2D eigenvalue weighted by molar-refractivity contribution is -0.117. The number of amides is 1. The van der Waals surface area contributed by atoms with Crippen LogP contribution in [0.1, 0.15) is 24.5 Å². The van der Waals surface area contributed by atoms with Gasteiger partial charge in [0.25, 0.3) is 0 Å². The molecule has 0 aliphatic carbocycles. The standard InChI is InChI=1S/C13H20N2O2/c1-4-17-8-7-12(16)15-13-10(3)9(2)5-6-11(13)14/h5-6H,4,7-8,14H2,1-3H3,(H,15,16). The van der Waals surface area contributed by atoms with E-state index in [1.165, 1.54) is 0 Å². The summed E-state index contributed by atoms with van der Waals surface area (Å²) in [6.07, 6.45) is 0.348. The van der Waals surface area contributed by atoms with Crippen LogP contribution in [0, 0.1) is 13.8 Å². The number of nitrogens with one attached hydrogen (secondary N) is 1. The highest BCUT2D eigenvalue weighted by molar-refractivity contribution is 5.95. The van der Waals surface area contributed by atoms with E-state index in [-0.39, 0.29) is 5.91 Å². The maximum atomic E-state index is 11.7. The number of nitrogens with two attached hydrogens (primary N) is 1. The molecule has 0 heterocycles. The van der Waals surface area contributed by atoms with E-state index in [1.54, 1.807) is 6.07 Å². The minimum atomic E-state index is -0.0705. The zero-order valence-electron chi connectivity index (χ0n) is 10.7. The summed E-state index contributed by atoms with van der Waals surface area (Å²) in [4.78, 5) is 11.7. The Labute approximate surface area is 102 Å². The van der Waals surface area contributed by atoms with E-state index in [4.69, 9.17) is 10.5 Å². The van der Waals surface area contributed by atoms with Crippen LogP contribution < -0.4 is 11.1 Å². The molecule has 0 bridgehead atoms. The number of hydrogen-bond acceptors (Lipinski definition) is 3. The van der Waals surface area contributed by atoms with E-state index in [1.807, 2.05) is 26.8 Å². The molecule has 0 unspecified atom stereocenters. The van der Waals surface area contributed by atoms with Gasteiger partial charge < -0.3 is 15.8 Å². The highest BCUT2D eigenvalue weighted by Gasteiger charge is 2.09. The summed E-state index contributed by atoms with van der Waals surface area (Å²) in [6.45, 7) is 6.90. The first kappa shape index (κ1) is 13.5. The van der Waals surface area contributed by atoms with Gasteiger partial charge >= 0.3 is 0 Å². The van der Waals surface area contributed by atoms with Crippen LogP contribution >= 0.6 is 0 Å². The molecule has 4 heteroatoms. The van der Waals surface area contributed by atoms with Gasteiger partial charge in [-0.15, -0.1) is 0 Å². The van der Waals surface area contributed by atoms with Crippen molar-refractivity contribution in [2.45, 2.75) is 27.2 Å². The van der Waals surface area contributed by atoms with Gasteiger partial charge in [-0.2, -0.15) is 0 Å². The third-order valence-electron chi connectivity index (χ3n) is 2.71. The van der Waals surface area contributed by atoms with Crippen LogP contribution in [0.5, 0.6) is 0 Å². The van der Waals surface area contributed by atoms with Crippen LogP contribution in [0.15, 0.2) is 12.1 Å². The van der Waals surface area contributed by atoms with Crippen molar-refractivity contribution in [3.05, 3.63) is 23.3 Å². The minimum Gasteiger partial charge on any atom is -0.397 e. The number of nitrogen functional groups attached to an aromatic ring is 1. The Kier molecular flexibility index (Phi) is 4.97. The summed E-state index contributed by atoms with van der Waals surface area (Å²) >= 11 is 0. The predicted octanol–water partition coefficient (Wildman–Crippen LogP) is 2.25. The van der Waals surface area contributed by atoms with E-state index in [2.05, 4.69) is 5.32 Å². The molecule has 1 amide bonds. The number of benzene rings is 1. The molecule has 0 aromatic heterocycles. The van der Waals surface area contributed by atoms with Crippen LogP contribution in [0.25, 0.3) is 0 Å². The molecule has 3 N–H and O–H groups in total. The first-order chi connectivity index (χ1) is 8.06. The Hall–Kier alpha value is -1.55. The number of carbonyl (C=O) groups is 1. The Morgan fingerprint density at radius 3 is 2.76 bits per heavy atom. The Morgan fingerprint density at radius 1 is 1.41 bits per heavy atom. The summed E-state index contributed by atoms with van der Waals surface area (Å²) in [6, 6.07) is 3.75. The van der Waals surface area contributed by atoms with Crippen molar-refractivity contribution in [2.24, 2.45) is 0 Å². The molecule has 0 spiro atoms. The average Bonchev–Trinajstić information content (AvgIpc) is 2.30. The molecule has 17 heavy (non-hydrogen) atoms. The predicted molar refractivity (Wildman–Crippen MR) is 70.1 cm³/mol. The lowest BCUT2D eigenvalue weighted by Crippen LogP contribution is -2.16. The van der Waals surface area contributed by atoms with Gasteiger partial charge in [-0.25, -0.2) is 0 Å². The van der Waals surface area contributed by atoms with Gasteiger partial charge in [0, 0.05) is 6.61 Å². The molecular weight excluding hydrogens is 216 g/mol. The molecule has 4 nitrogen and oxygen atoms in total. The topological polar surface area (TPSA) is 64.3 Å². The summed E-state index contributed by atoms with van der Waals surface area (Å²) in [7, 11) is 0. The van der Waals surface area contributed by atoms with E-state index in [0.717, 1.165) is 11.1 Å². The summed E-state index contributed by atoms with van der Waals surface area (Å²) in [5.41, 5.74) is 9.28. The monoisotopic (exact) mass is 236 g/mol. The Balaban J connectivity index is 2.68. The quantitative estimate of drug-likeness (QED) is 0.608. The molecule has 0 radical (unpaired) electrons. The third-order valence-corrected chi connectivity index (χ3v) is 2.71. The fraction of sp³-hybridized carbons (Fsp3) is 0.462. The summed E-state index contributed by atoms with van der Waals surface area (Å²) in [5, 5.41) is 2.83. The lowest BCUT2D eigenvalue weighted by atomic mass is 10.1. The molecule has 0 saturated carbocycles. The molecule has 0 saturated heterocycles. The number of rotatable bonds is 5. The van der Waals surface area contributed by atoms with Crippen LogP contribution in [-0.2, 0) is 9.53 Å². The fourth-order valence-corrected chi connectivity index (χ4v) is 1.51. The normalized spacial score (nSPS) is 10.3. The van der Waals surface area contributed by atoms with Crippen molar-refractivity contribution in [3.63, 3.8) is 0 Å². The second kappa shape index (κ2) is 6.25. The van der Waals surface area contributed by atoms with Gasteiger partial charge in [0.15, 0.2) is 0 Å². The average molecular weight is 236 g/mol. The summed E-state index contributed by atoms with van der Waals surface area (Å²) in [5.74, 6) is -0.0705. The van der Waals surface area contributed by atoms with Gasteiger partial charge in [0.2, 0.25) is 5.91 Å². The third kappa shape index (κ3) is 3.75. The molecular formula is C13H20N2O2. The van der Waals surface area contributed by atoms with Gasteiger partial charge in [-0.05, 0) is 38.0 Å². The van der Waals surface area contributed by atoms with Gasteiger partial charge in [-0.3, -0.25) is 4.79 Å². The highest BCUT2D eigenvalue weighted by Crippen LogP contribution is 2.25. The molecule has 0 fully saturated rings. The van der Waals surface area contributed by atoms with E-state index < -0.39 is 0 Å². The molecule has 0 aliphatic heterocycles. The first-order valence-electron chi connectivity index (χ1n) is 5.79. The molecule has 0 atom stereocenters. The number of anilines is 2. The minimum absolute atomic E-state index is 0.0705. The maximum absolute atomic E-state index is 11.7. The van der Waals surface area contributed by atoms with E-state index >= 15 is 0 Å². The zero-order chi connectivity index (χ0) is 12.8. The lowest BCUT2D eigenvalue weighted by Gasteiger charge is -2.13. The van der Waals surface area contributed by atoms with E-state index in [0.29, 0.717) is 31.0 Å². The van der Waals surface area contributed by atoms with Crippen molar-refractivity contribution in [3.8, 4) is 0 Å². The van der Waals surface area contributed by atoms with Crippen LogP contribution in [0.2, 0.25) is 0 Å². The zero-order valence-corrected chi connectivity index (χ0v) is 10.7. The second-order valence-electron chi connectivity index (χ2n) is 3.97. The first-order valence-corrected chi connectivity index (χ1v) is 5.79. The molecule has 0 aliphatic rings. The molecule has 1 rings (SSSR count). The SMILES string of the molecule is CCOCCC(=O)Nc1c(N)ccc(C)c1C. The molecule has 1 aromatic rings.